The van der Waals surface area contributed by atoms with Gasteiger partial charge in [0.2, 0.25) is 0 Å². The van der Waals surface area contributed by atoms with Gasteiger partial charge in [-0.2, -0.15) is 0 Å². The molecule has 0 bridgehead atoms. The highest BCUT2D eigenvalue weighted by Gasteiger charge is 2.46. The van der Waals surface area contributed by atoms with Crippen molar-refractivity contribution in [3.63, 3.8) is 0 Å². The van der Waals surface area contributed by atoms with Gasteiger partial charge in [0.05, 0.1) is 118 Å². The first-order valence-corrected chi connectivity index (χ1v) is 49.6. The summed E-state index contributed by atoms with van der Waals surface area (Å²) in [7, 11) is 0. The van der Waals surface area contributed by atoms with Crippen LogP contribution in [0.4, 0.5) is 0 Å². The third kappa shape index (κ3) is 29.6. The van der Waals surface area contributed by atoms with Gasteiger partial charge in [-0.05, 0) is 89.0 Å². The van der Waals surface area contributed by atoms with Crippen molar-refractivity contribution in [2.75, 3.05) is 39.6 Å². The molecule has 0 spiro atoms. The molecule has 0 radical (unpaired) electrons. The lowest BCUT2D eigenvalue weighted by molar-refractivity contribution is -0.222. The molecule has 14 nitrogen and oxygen atoms in total. The largest absolute Gasteiger partial charge is 0.376 e. The van der Waals surface area contributed by atoms with Crippen LogP contribution in [0.25, 0.3) is 0 Å². The van der Waals surface area contributed by atoms with E-state index >= 15 is 0 Å². The number of hydrogen-bond acceptors (Lipinski definition) is 14. The fourth-order valence-electron chi connectivity index (χ4n) is 18.4. The van der Waals surface area contributed by atoms with Crippen LogP contribution >= 0.6 is 0 Å². The van der Waals surface area contributed by atoms with Crippen LogP contribution in [-0.2, 0) is 144 Å². The Bertz CT molecular complexity index is 5880. The maximum absolute atomic E-state index is 7.94. The Morgan fingerprint density at radius 2 is 0.303 bits per heavy atom. The van der Waals surface area contributed by atoms with Crippen LogP contribution < -0.4 is 0 Å². The molecule has 0 N–H and O–H groups in total. The third-order valence-corrected chi connectivity index (χ3v) is 26.0. The zero-order valence-corrected chi connectivity index (χ0v) is 81.1. The molecule has 0 heterocycles. The third-order valence-electron chi connectivity index (χ3n) is 26.0. The molecule has 0 aliphatic heterocycles. The van der Waals surface area contributed by atoms with E-state index in [0.29, 0.717) is 13.2 Å². The average molecular weight is 1890 g/mol. The minimum absolute atomic E-state index is 0.00971. The molecule has 0 aliphatic rings. The molecule has 0 saturated heterocycles. The summed E-state index contributed by atoms with van der Waals surface area (Å²) >= 11 is 0. The van der Waals surface area contributed by atoms with E-state index in [2.05, 4.69) is 311 Å². The van der Waals surface area contributed by atoms with Gasteiger partial charge >= 0.3 is 0 Å². The molecule has 0 aliphatic carbocycles. The van der Waals surface area contributed by atoms with E-state index in [1.807, 2.05) is 188 Å². The topological polar surface area (TPSA) is 129 Å². The Morgan fingerprint density at radius 3 is 0.500 bits per heavy atom. The van der Waals surface area contributed by atoms with Crippen molar-refractivity contribution in [1.82, 2.24) is 0 Å². The lowest BCUT2D eigenvalue weighted by Crippen LogP contribution is -2.54. The number of ether oxygens (including phenoxy) is 14. The SMILES string of the molecule is C[C@@H]([C@H](OCc1ccccc1)[C@H](C)COC(c1ccccc1)(c1ccccc1)c1ccccc1)[C@@H](COC[C@H](OCc1ccccc1)[C@H](OCc1ccccc1)[C@@H](OCc1ccccc1)[C@H](COC[C@@H](OCc1ccccc1)[C@@H](OCc1ccccc1)[C@H](OCc1ccccc1)[C@@H](COC(c1ccccc1)(c1ccccc1)c1ccccc1)OCc1ccccc1)OCc1ccccc1)OCc1ccccc1. The van der Waals surface area contributed by atoms with Crippen LogP contribution in [0.15, 0.2) is 485 Å². The summed E-state index contributed by atoms with van der Waals surface area (Å²) in [4.78, 5) is 0. The molecule has 0 aromatic heterocycles. The minimum Gasteiger partial charge on any atom is -0.376 e. The predicted octanol–water partition coefficient (Wildman–Crippen LogP) is 26.2. The second-order valence-electron chi connectivity index (χ2n) is 36.1. The smallest absolute Gasteiger partial charge is 0.143 e. The normalized spacial score (nSPS) is 14.4. The molecular formula is C128H130O14. The Balaban J connectivity index is 0.790. The number of rotatable bonds is 59. The lowest BCUT2D eigenvalue weighted by atomic mass is 9.79. The molecule has 142 heavy (non-hydrogen) atoms. The van der Waals surface area contributed by atoms with Crippen LogP contribution in [-0.4, -0.2) is 101 Å². The monoisotopic (exact) mass is 1890 g/mol. The molecule has 16 rings (SSSR count). The Labute approximate surface area is 839 Å². The highest BCUT2D eigenvalue weighted by Crippen LogP contribution is 2.44. The van der Waals surface area contributed by atoms with Crippen molar-refractivity contribution >= 4 is 0 Å². The van der Waals surface area contributed by atoms with Crippen molar-refractivity contribution in [3.05, 3.63) is 574 Å². The zero-order chi connectivity index (χ0) is 96.9. The molecular weight excluding hydrogens is 1760 g/mol. The second-order valence-corrected chi connectivity index (χ2v) is 36.1. The lowest BCUT2D eigenvalue weighted by Gasteiger charge is -2.41. The van der Waals surface area contributed by atoms with Gasteiger partial charge in [0.15, 0.2) is 0 Å². The average Bonchev–Trinajstić information content (AvgIpc) is 0.757. The maximum Gasteiger partial charge on any atom is 0.143 e. The van der Waals surface area contributed by atoms with E-state index in [4.69, 9.17) is 66.3 Å². The van der Waals surface area contributed by atoms with Crippen LogP contribution in [0.5, 0.6) is 0 Å². The van der Waals surface area contributed by atoms with Crippen molar-refractivity contribution < 1.29 is 66.3 Å². The summed E-state index contributed by atoms with van der Waals surface area (Å²) in [5, 5.41) is 0. The van der Waals surface area contributed by atoms with E-state index in [1.165, 1.54) is 0 Å². The van der Waals surface area contributed by atoms with Crippen molar-refractivity contribution in [3.8, 4) is 0 Å². The van der Waals surface area contributed by atoms with Crippen LogP contribution in [0, 0.1) is 11.8 Å². The van der Waals surface area contributed by atoms with Gasteiger partial charge in [-0.1, -0.05) is 499 Å². The summed E-state index contributed by atoms with van der Waals surface area (Å²) in [5.74, 6) is -0.564. The summed E-state index contributed by atoms with van der Waals surface area (Å²) in [6, 6.07) is 165. The summed E-state index contributed by atoms with van der Waals surface area (Å²) in [5.41, 5.74) is 13.1. The molecule has 0 fully saturated rings. The standard InChI is InChI=1S/C128H130O14/c1-99(83-141-127(111-71-39-13-40-72-111,112-73-41-14-42-74-112)113-75-43-15-44-76-113)122(136-89-106-61-29-8-30-62-106)100(2)117(131-84-101-51-19-3-20-52-101)94-129-95-118(132-85-102-53-21-4-22-54-102)123(137-90-107-63-31-9-32-64-107)124(138-91-108-65-33-10-34-66-108)119(133-86-103-55-23-5-24-56-103)96-130-97-120(134-87-104-57-25-6-26-58-104)125(139-92-109-67-35-11-36-68-109)126(140-93-110-69-37-12-38-70-110)121(135-88-105-59-27-7-28-60-105)98-142-128(114-77-45-16-46-78-114,115-79-47-17-48-80-115)116-81-49-18-50-82-116/h3-82,99-100,117-126H,83-98H2,1-2H3/t99-,100-,117-,118+,119+,120-,121-,122-,123+,124+,125-,126-/m1/s1. The molecule has 726 valence electrons. The van der Waals surface area contributed by atoms with E-state index in [1.54, 1.807) is 0 Å². The molecule has 16 aromatic rings. The first kappa shape index (κ1) is 102. The van der Waals surface area contributed by atoms with Gasteiger partial charge < -0.3 is 66.3 Å². The predicted molar refractivity (Wildman–Crippen MR) is 560 cm³/mol. The van der Waals surface area contributed by atoms with Crippen LogP contribution in [0.3, 0.4) is 0 Å². The van der Waals surface area contributed by atoms with E-state index in [-0.39, 0.29) is 104 Å². The van der Waals surface area contributed by atoms with Crippen molar-refractivity contribution in [2.24, 2.45) is 11.8 Å². The maximum atomic E-state index is 7.94. The number of hydrogen-bond donors (Lipinski definition) is 0. The molecule has 14 heteroatoms. The Morgan fingerprint density at radius 1 is 0.155 bits per heavy atom. The van der Waals surface area contributed by atoms with Gasteiger partial charge in [-0.3, -0.25) is 0 Å². The first-order chi connectivity index (χ1) is 70.3. The van der Waals surface area contributed by atoms with Crippen molar-refractivity contribution in [2.45, 2.75) is 152 Å². The second kappa shape index (κ2) is 55.4. The van der Waals surface area contributed by atoms with Crippen LogP contribution in [0.1, 0.15) is 103 Å². The van der Waals surface area contributed by atoms with E-state index < -0.39 is 72.2 Å². The molecule has 12 atom stereocenters. The molecule has 0 amide bonds. The highest BCUT2D eigenvalue weighted by molar-refractivity contribution is 5.49. The van der Waals surface area contributed by atoms with Gasteiger partial charge in [0, 0.05) is 11.8 Å². The summed E-state index contributed by atoms with van der Waals surface area (Å²) in [6.07, 6.45) is -8.63. The van der Waals surface area contributed by atoms with Gasteiger partial charge in [0.25, 0.3) is 0 Å². The van der Waals surface area contributed by atoms with Gasteiger partial charge in [-0.25, -0.2) is 0 Å². The quantitative estimate of drug-likeness (QED) is 0.0335. The molecule has 0 saturated carbocycles. The van der Waals surface area contributed by atoms with E-state index in [9.17, 15) is 0 Å². The minimum atomic E-state index is -1.18. The molecule has 0 unspecified atom stereocenters. The summed E-state index contributed by atoms with van der Waals surface area (Å²) in [6.45, 7) is 6.56. The fraction of sp³-hybridized carbons (Fsp3) is 0.250. The van der Waals surface area contributed by atoms with E-state index in [0.717, 1.165) is 89.0 Å². The Hall–Kier alpha value is -13.0. The van der Waals surface area contributed by atoms with Gasteiger partial charge in [0.1, 0.15) is 60.0 Å². The number of benzene rings is 16. The van der Waals surface area contributed by atoms with Crippen LogP contribution in [0.2, 0.25) is 0 Å². The first-order valence-electron chi connectivity index (χ1n) is 49.6. The highest BCUT2D eigenvalue weighted by atomic mass is 16.6. The van der Waals surface area contributed by atoms with Crippen molar-refractivity contribution in [1.29, 1.82) is 0 Å². The fourth-order valence-corrected chi connectivity index (χ4v) is 18.4. The Kier molecular flexibility index (Phi) is 39.7. The molecule has 16 aromatic carbocycles. The van der Waals surface area contributed by atoms with Gasteiger partial charge in [-0.15, -0.1) is 0 Å². The summed E-state index contributed by atoms with van der Waals surface area (Å²) < 4.78 is 107. The zero-order valence-electron chi connectivity index (χ0n) is 81.1.